The fourth-order valence-corrected chi connectivity index (χ4v) is 4.97. The Balaban J connectivity index is 2.01. The molecule has 2 heterocycles. The molecule has 3 rings (SSSR count). The van der Waals surface area contributed by atoms with E-state index in [1.165, 1.54) is 17.5 Å². The van der Waals surface area contributed by atoms with Gasteiger partial charge in [-0.1, -0.05) is 0 Å². The molecule has 1 aliphatic rings. The second-order valence-corrected chi connectivity index (χ2v) is 7.56. The summed E-state index contributed by atoms with van der Waals surface area (Å²) in [7, 11) is -3.86. The molecule has 3 N–H and O–H groups in total. The minimum Gasteiger partial charge on any atom is -0.478 e. The number of nitrogens with one attached hydrogen (secondary N) is 2. The third-order valence-electron chi connectivity index (χ3n) is 3.33. The maximum atomic E-state index is 12.2. The number of H-pyrrole nitrogens is 1. The van der Waals surface area contributed by atoms with Crippen molar-refractivity contribution < 1.29 is 18.3 Å². The standard InChI is InChI=1S/C12H13N3O4S2/c1-6-13-5-9(14-6)21(18,19)15-11-10(12(16)17)7-3-2-4-8(7)20-11/h5,15H,2-4H2,1H3,(H,13,14)(H,16,17). The second kappa shape index (κ2) is 4.85. The summed E-state index contributed by atoms with van der Waals surface area (Å²) < 4.78 is 26.9. The van der Waals surface area contributed by atoms with E-state index >= 15 is 0 Å². The Morgan fingerprint density at radius 2 is 2.24 bits per heavy atom. The monoisotopic (exact) mass is 327 g/mol. The van der Waals surface area contributed by atoms with Gasteiger partial charge in [0.1, 0.15) is 10.8 Å². The fourth-order valence-electron chi connectivity index (χ4n) is 2.41. The summed E-state index contributed by atoms with van der Waals surface area (Å²) in [6, 6.07) is 0. The van der Waals surface area contributed by atoms with E-state index in [0.29, 0.717) is 12.2 Å². The van der Waals surface area contributed by atoms with Crippen LogP contribution in [0.25, 0.3) is 0 Å². The Labute approximate surface area is 125 Å². The molecule has 0 unspecified atom stereocenters. The van der Waals surface area contributed by atoms with E-state index in [-0.39, 0.29) is 15.6 Å². The molecule has 0 spiro atoms. The van der Waals surface area contributed by atoms with Crippen molar-refractivity contribution in [3.63, 3.8) is 0 Å². The van der Waals surface area contributed by atoms with Crippen LogP contribution in [0.3, 0.4) is 0 Å². The second-order valence-electron chi connectivity index (χ2n) is 4.80. The molecule has 9 heteroatoms. The van der Waals surface area contributed by atoms with Gasteiger partial charge in [-0.3, -0.25) is 4.72 Å². The number of imidazole rings is 1. The average molecular weight is 327 g/mol. The predicted octanol–water partition coefficient (Wildman–Crippen LogP) is 1.77. The highest BCUT2D eigenvalue weighted by molar-refractivity contribution is 7.92. The molecule has 0 saturated heterocycles. The quantitative estimate of drug-likeness (QED) is 0.792. The van der Waals surface area contributed by atoms with Gasteiger partial charge in [0.05, 0.1) is 11.8 Å². The first-order valence-electron chi connectivity index (χ1n) is 6.31. The van der Waals surface area contributed by atoms with Crippen LogP contribution in [0.1, 0.15) is 33.0 Å². The van der Waals surface area contributed by atoms with Gasteiger partial charge in [-0.25, -0.2) is 9.78 Å². The first kappa shape index (κ1) is 14.1. The van der Waals surface area contributed by atoms with Gasteiger partial charge < -0.3 is 10.1 Å². The number of fused-ring (bicyclic) bond motifs is 1. The predicted molar refractivity (Wildman–Crippen MR) is 77.4 cm³/mol. The maximum Gasteiger partial charge on any atom is 0.339 e. The Morgan fingerprint density at radius 1 is 1.48 bits per heavy atom. The molecule has 2 aromatic heterocycles. The molecule has 0 amide bonds. The van der Waals surface area contributed by atoms with Crippen LogP contribution >= 0.6 is 11.3 Å². The van der Waals surface area contributed by atoms with E-state index in [1.807, 2.05) is 0 Å². The molecule has 0 radical (unpaired) electrons. The molecule has 2 aromatic rings. The smallest absolute Gasteiger partial charge is 0.339 e. The van der Waals surface area contributed by atoms with E-state index in [4.69, 9.17) is 0 Å². The molecule has 0 fully saturated rings. The van der Waals surface area contributed by atoms with Gasteiger partial charge in [-0.2, -0.15) is 8.42 Å². The van der Waals surface area contributed by atoms with Crippen molar-refractivity contribution >= 4 is 32.3 Å². The number of carbonyl (C=O) groups is 1. The number of carboxylic acid groups (broad SMARTS) is 1. The van der Waals surface area contributed by atoms with Gasteiger partial charge in [0, 0.05) is 4.88 Å². The summed E-state index contributed by atoms with van der Waals surface area (Å²) in [6.45, 7) is 1.64. The van der Waals surface area contributed by atoms with Crippen molar-refractivity contribution in [2.75, 3.05) is 4.72 Å². The Kier molecular flexibility index (Phi) is 3.25. The van der Waals surface area contributed by atoms with Crippen LogP contribution in [0, 0.1) is 6.92 Å². The maximum absolute atomic E-state index is 12.2. The molecule has 0 bridgehead atoms. The van der Waals surface area contributed by atoms with Crippen LogP contribution in [0.4, 0.5) is 5.00 Å². The highest BCUT2D eigenvalue weighted by Crippen LogP contribution is 2.39. The van der Waals surface area contributed by atoms with E-state index in [2.05, 4.69) is 14.7 Å². The number of anilines is 1. The van der Waals surface area contributed by atoms with Crippen LogP contribution in [-0.2, 0) is 22.9 Å². The van der Waals surface area contributed by atoms with Gasteiger partial charge in [0.2, 0.25) is 0 Å². The van der Waals surface area contributed by atoms with E-state index in [9.17, 15) is 18.3 Å². The number of aryl methyl sites for hydroxylation is 2. The minimum absolute atomic E-state index is 0.0762. The van der Waals surface area contributed by atoms with Crippen LogP contribution in [0.5, 0.6) is 0 Å². The largest absolute Gasteiger partial charge is 0.478 e. The highest BCUT2D eigenvalue weighted by atomic mass is 32.2. The van der Waals surface area contributed by atoms with Crippen molar-refractivity contribution in [1.82, 2.24) is 9.97 Å². The Bertz CT molecular complexity index is 820. The number of thiophene rings is 1. The zero-order valence-corrected chi connectivity index (χ0v) is 12.8. The van der Waals surface area contributed by atoms with E-state index in [1.54, 1.807) is 6.92 Å². The molecule has 21 heavy (non-hydrogen) atoms. The number of sulfonamides is 1. The number of aromatic nitrogens is 2. The van der Waals surface area contributed by atoms with Crippen LogP contribution < -0.4 is 4.72 Å². The first-order chi connectivity index (χ1) is 9.88. The zero-order valence-electron chi connectivity index (χ0n) is 11.1. The topological polar surface area (TPSA) is 112 Å². The zero-order chi connectivity index (χ0) is 15.2. The number of hydrogen-bond donors (Lipinski definition) is 3. The summed E-state index contributed by atoms with van der Waals surface area (Å²) >= 11 is 1.20. The number of carboxylic acids is 1. The summed E-state index contributed by atoms with van der Waals surface area (Å²) in [6.07, 6.45) is 3.59. The lowest BCUT2D eigenvalue weighted by atomic mass is 10.1. The first-order valence-corrected chi connectivity index (χ1v) is 8.60. The van der Waals surface area contributed by atoms with Crippen molar-refractivity contribution in [2.24, 2.45) is 0 Å². The molecule has 7 nitrogen and oxygen atoms in total. The third kappa shape index (κ3) is 2.42. The SMILES string of the molecule is Cc1ncc(S(=O)(=O)Nc2sc3c(c2C(=O)O)CCC3)[nH]1. The van der Waals surface area contributed by atoms with Crippen molar-refractivity contribution in [1.29, 1.82) is 0 Å². The summed E-state index contributed by atoms with van der Waals surface area (Å²) in [4.78, 5) is 18.8. The fraction of sp³-hybridized carbons (Fsp3) is 0.333. The van der Waals surface area contributed by atoms with Crippen LogP contribution in [0.15, 0.2) is 11.2 Å². The normalized spacial score (nSPS) is 14.1. The number of aromatic amines is 1. The molecular weight excluding hydrogens is 314 g/mol. The lowest BCUT2D eigenvalue weighted by molar-refractivity contribution is 0.0697. The minimum atomic E-state index is -3.86. The Hall–Kier alpha value is -1.87. The summed E-state index contributed by atoms with van der Waals surface area (Å²) in [5.74, 6) is -0.629. The van der Waals surface area contributed by atoms with Gasteiger partial charge in [-0.15, -0.1) is 11.3 Å². The molecular formula is C12H13N3O4S2. The molecule has 1 aliphatic carbocycles. The molecule has 0 aliphatic heterocycles. The van der Waals surface area contributed by atoms with Crippen LogP contribution in [-0.4, -0.2) is 29.5 Å². The van der Waals surface area contributed by atoms with Crippen molar-refractivity contribution in [3.05, 3.63) is 28.0 Å². The number of nitrogens with zero attached hydrogens (tertiary/aromatic N) is 1. The summed E-state index contributed by atoms with van der Waals surface area (Å²) in [5, 5.41) is 9.43. The van der Waals surface area contributed by atoms with Gasteiger partial charge in [0.25, 0.3) is 10.0 Å². The van der Waals surface area contributed by atoms with Gasteiger partial charge in [-0.05, 0) is 31.7 Å². The number of aromatic carboxylic acids is 1. The lowest BCUT2D eigenvalue weighted by Gasteiger charge is -2.06. The van der Waals surface area contributed by atoms with E-state index < -0.39 is 16.0 Å². The van der Waals surface area contributed by atoms with Crippen LogP contribution in [0.2, 0.25) is 0 Å². The van der Waals surface area contributed by atoms with E-state index in [0.717, 1.165) is 23.3 Å². The molecule has 0 saturated carbocycles. The Morgan fingerprint density at radius 3 is 2.86 bits per heavy atom. The average Bonchev–Trinajstić information content (AvgIpc) is 3.03. The molecule has 112 valence electrons. The van der Waals surface area contributed by atoms with Gasteiger partial charge in [0.15, 0.2) is 5.03 Å². The summed E-state index contributed by atoms with van der Waals surface area (Å²) in [5.41, 5.74) is 0.832. The highest BCUT2D eigenvalue weighted by Gasteiger charge is 2.29. The number of rotatable bonds is 4. The van der Waals surface area contributed by atoms with Crippen molar-refractivity contribution in [2.45, 2.75) is 31.2 Å². The van der Waals surface area contributed by atoms with Gasteiger partial charge >= 0.3 is 5.97 Å². The molecule has 0 atom stereocenters. The van der Waals surface area contributed by atoms with Crippen molar-refractivity contribution in [3.8, 4) is 0 Å². The molecule has 0 aromatic carbocycles. The third-order valence-corrected chi connectivity index (χ3v) is 5.93. The number of hydrogen-bond acceptors (Lipinski definition) is 5. The lowest BCUT2D eigenvalue weighted by Crippen LogP contribution is -2.15.